The molecule has 0 N–H and O–H groups in total. The molecule has 3 aromatic rings. The van der Waals surface area contributed by atoms with E-state index in [2.05, 4.69) is 9.47 Å². The van der Waals surface area contributed by atoms with E-state index < -0.39 is 34.0 Å². The van der Waals surface area contributed by atoms with Gasteiger partial charge in [0.05, 0.1) is 30.2 Å². The van der Waals surface area contributed by atoms with Crippen LogP contribution in [0.1, 0.15) is 11.5 Å². The van der Waals surface area contributed by atoms with Gasteiger partial charge in [0.15, 0.2) is 5.92 Å². The zero-order valence-electron chi connectivity index (χ0n) is 15.5. The topological polar surface area (TPSA) is 118 Å². The summed E-state index contributed by atoms with van der Waals surface area (Å²) in [6.45, 7) is 0. The van der Waals surface area contributed by atoms with Crippen LogP contribution in [0.4, 0.5) is 5.69 Å². The van der Waals surface area contributed by atoms with Crippen molar-refractivity contribution in [2.75, 3.05) is 14.2 Å². The molecule has 0 spiro atoms. The van der Waals surface area contributed by atoms with E-state index >= 15 is 0 Å². The minimum atomic E-state index is -1.78. The molecule has 0 unspecified atom stereocenters. The molecule has 0 saturated carbocycles. The maximum Gasteiger partial charge on any atom is 0.339 e. The van der Waals surface area contributed by atoms with Gasteiger partial charge in [-0.3, -0.25) is 29.1 Å². The summed E-state index contributed by atoms with van der Waals surface area (Å²) in [5.41, 5.74) is -1.54. The van der Waals surface area contributed by atoms with Crippen molar-refractivity contribution in [3.05, 3.63) is 80.6 Å². The Morgan fingerprint density at radius 2 is 1.52 bits per heavy atom. The molecule has 148 valence electrons. The SMILES string of the molecule is COC(=O)C(C(=O)OC)c1c([N+](=O)[O-])c(=O)n(-c2ccccc2)c2ccccc12. The van der Waals surface area contributed by atoms with Crippen LogP contribution in [0.25, 0.3) is 16.6 Å². The third-order valence-electron chi connectivity index (χ3n) is 4.46. The molecular weight excluding hydrogens is 380 g/mol. The van der Waals surface area contributed by atoms with Gasteiger partial charge >= 0.3 is 23.2 Å². The largest absolute Gasteiger partial charge is 0.468 e. The summed E-state index contributed by atoms with van der Waals surface area (Å²) in [6, 6.07) is 14.6. The maximum absolute atomic E-state index is 13.2. The van der Waals surface area contributed by atoms with Gasteiger partial charge in [-0.25, -0.2) is 0 Å². The highest BCUT2D eigenvalue weighted by Crippen LogP contribution is 2.34. The standard InChI is InChI=1S/C20H16N2O7/c1-28-19(24)16(20(25)29-2)15-13-10-6-7-11-14(13)21(12-8-4-3-5-9-12)18(23)17(15)22(26)27/h3-11,16H,1-2H3. The number of esters is 2. The Morgan fingerprint density at radius 3 is 2.07 bits per heavy atom. The van der Waals surface area contributed by atoms with Gasteiger partial charge in [0.1, 0.15) is 0 Å². The van der Waals surface area contributed by atoms with E-state index in [1.807, 2.05) is 0 Å². The summed E-state index contributed by atoms with van der Waals surface area (Å²) >= 11 is 0. The van der Waals surface area contributed by atoms with E-state index in [1.54, 1.807) is 48.5 Å². The van der Waals surface area contributed by atoms with E-state index in [0.717, 1.165) is 14.2 Å². The molecule has 0 fully saturated rings. The minimum absolute atomic E-state index is 0.184. The number of nitro groups is 1. The van der Waals surface area contributed by atoms with E-state index in [0.29, 0.717) is 11.2 Å². The van der Waals surface area contributed by atoms with Gasteiger partial charge < -0.3 is 9.47 Å². The van der Waals surface area contributed by atoms with Gasteiger partial charge in [-0.2, -0.15) is 0 Å². The normalized spacial score (nSPS) is 10.7. The van der Waals surface area contributed by atoms with Crippen molar-refractivity contribution in [1.82, 2.24) is 4.57 Å². The number of carbonyl (C=O) groups is 2. The fraction of sp³-hybridized carbons (Fsp3) is 0.150. The summed E-state index contributed by atoms with van der Waals surface area (Å²) in [4.78, 5) is 48.9. The van der Waals surface area contributed by atoms with Crippen LogP contribution in [0, 0.1) is 10.1 Å². The van der Waals surface area contributed by atoms with Gasteiger partial charge in [0, 0.05) is 11.1 Å². The fourth-order valence-electron chi connectivity index (χ4n) is 3.22. The Labute approximate surface area is 164 Å². The van der Waals surface area contributed by atoms with Gasteiger partial charge in [0.25, 0.3) is 0 Å². The Hall–Kier alpha value is -4.01. The summed E-state index contributed by atoms with van der Waals surface area (Å²) in [7, 11) is 2.08. The lowest BCUT2D eigenvalue weighted by Crippen LogP contribution is -2.30. The van der Waals surface area contributed by atoms with E-state index in [-0.39, 0.29) is 10.9 Å². The molecule has 0 atom stereocenters. The molecule has 29 heavy (non-hydrogen) atoms. The second-order valence-corrected chi connectivity index (χ2v) is 5.99. The van der Waals surface area contributed by atoms with Crippen LogP contribution in [0.15, 0.2) is 59.4 Å². The number of aromatic nitrogens is 1. The zero-order chi connectivity index (χ0) is 21.1. The van der Waals surface area contributed by atoms with Gasteiger partial charge in [0.2, 0.25) is 0 Å². The van der Waals surface area contributed by atoms with Crippen molar-refractivity contribution in [1.29, 1.82) is 0 Å². The number of para-hydroxylation sites is 2. The van der Waals surface area contributed by atoms with Crippen molar-refractivity contribution in [3.63, 3.8) is 0 Å². The van der Waals surface area contributed by atoms with E-state index in [9.17, 15) is 24.5 Å². The van der Waals surface area contributed by atoms with E-state index in [1.165, 1.54) is 10.6 Å². The molecule has 1 aromatic heterocycles. The molecule has 0 radical (unpaired) electrons. The van der Waals surface area contributed by atoms with Crippen LogP contribution in [0.3, 0.4) is 0 Å². The molecule has 9 heteroatoms. The second kappa shape index (κ2) is 7.93. The number of nitrogens with zero attached hydrogens (tertiary/aromatic N) is 2. The maximum atomic E-state index is 13.2. The number of pyridine rings is 1. The molecule has 0 aliphatic rings. The lowest BCUT2D eigenvalue weighted by Gasteiger charge is -2.18. The minimum Gasteiger partial charge on any atom is -0.468 e. The molecule has 0 bridgehead atoms. The number of methoxy groups -OCH3 is 2. The van der Waals surface area contributed by atoms with E-state index in [4.69, 9.17) is 0 Å². The third kappa shape index (κ3) is 3.33. The van der Waals surface area contributed by atoms with Crippen LogP contribution in [0.5, 0.6) is 0 Å². The Kier molecular flexibility index (Phi) is 5.40. The Morgan fingerprint density at radius 1 is 0.966 bits per heavy atom. The van der Waals surface area contributed by atoms with Crippen molar-refractivity contribution in [2.24, 2.45) is 0 Å². The van der Waals surface area contributed by atoms with Crippen molar-refractivity contribution in [3.8, 4) is 5.69 Å². The molecule has 0 amide bonds. The molecular formula is C20H16N2O7. The first-order valence-electron chi connectivity index (χ1n) is 8.45. The quantitative estimate of drug-likeness (QED) is 0.281. The lowest BCUT2D eigenvalue weighted by molar-refractivity contribution is -0.387. The highest BCUT2D eigenvalue weighted by Gasteiger charge is 2.40. The van der Waals surface area contributed by atoms with Crippen LogP contribution in [-0.2, 0) is 19.1 Å². The number of fused-ring (bicyclic) bond motifs is 1. The Bertz CT molecular complexity index is 1150. The highest BCUT2D eigenvalue weighted by atomic mass is 16.6. The smallest absolute Gasteiger partial charge is 0.339 e. The third-order valence-corrected chi connectivity index (χ3v) is 4.46. The summed E-state index contributed by atoms with van der Waals surface area (Å²) in [5, 5.41) is 12.1. The average Bonchev–Trinajstić information content (AvgIpc) is 2.73. The van der Waals surface area contributed by atoms with Crippen LogP contribution < -0.4 is 5.56 Å². The molecule has 3 rings (SSSR count). The Balaban J connectivity index is 2.54. The van der Waals surface area contributed by atoms with Gasteiger partial charge in [-0.1, -0.05) is 36.4 Å². The van der Waals surface area contributed by atoms with Gasteiger partial charge in [-0.05, 0) is 18.2 Å². The summed E-state index contributed by atoms with van der Waals surface area (Å²) < 4.78 is 10.5. The highest BCUT2D eigenvalue weighted by molar-refractivity contribution is 6.06. The molecule has 1 heterocycles. The number of ether oxygens (including phenoxy) is 2. The number of benzene rings is 2. The number of rotatable bonds is 5. The predicted octanol–water partition coefficient (Wildman–Crippen LogP) is 2.33. The fourth-order valence-corrected chi connectivity index (χ4v) is 3.22. The number of hydrogen-bond donors (Lipinski definition) is 0. The van der Waals surface area contributed by atoms with Crippen LogP contribution in [-0.4, -0.2) is 35.6 Å². The van der Waals surface area contributed by atoms with Crippen molar-refractivity contribution in [2.45, 2.75) is 5.92 Å². The van der Waals surface area contributed by atoms with Crippen LogP contribution >= 0.6 is 0 Å². The number of carbonyl (C=O) groups excluding carboxylic acids is 2. The molecule has 0 aliphatic heterocycles. The molecule has 9 nitrogen and oxygen atoms in total. The monoisotopic (exact) mass is 396 g/mol. The van der Waals surface area contributed by atoms with Gasteiger partial charge in [-0.15, -0.1) is 0 Å². The first kappa shape index (κ1) is 19.7. The first-order chi connectivity index (χ1) is 13.9. The van der Waals surface area contributed by atoms with Crippen LogP contribution in [0.2, 0.25) is 0 Å². The summed E-state index contributed by atoms with van der Waals surface area (Å²) in [5.74, 6) is -3.92. The average molecular weight is 396 g/mol. The zero-order valence-corrected chi connectivity index (χ0v) is 15.5. The molecule has 0 saturated heterocycles. The lowest BCUT2D eigenvalue weighted by atomic mass is 9.93. The molecule has 2 aromatic carbocycles. The number of hydrogen-bond acceptors (Lipinski definition) is 7. The molecule has 0 aliphatic carbocycles. The summed E-state index contributed by atoms with van der Waals surface area (Å²) in [6.07, 6.45) is 0. The first-order valence-corrected chi connectivity index (χ1v) is 8.45. The van der Waals surface area contributed by atoms with Crippen molar-refractivity contribution >= 4 is 28.5 Å². The van der Waals surface area contributed by atoms with Crippen molar-refractivity contribution < 1.29 is 24.0 Å². The second-order valence-electron chi connectivity index (χ2n) is 5.99. The predicted molar refractivity (Wildman–Crippen MR) is 103 cm³/mol.